The van der Waals surface area contributed by atoms with Gasteiger partial charge in [0.2, 0.25) is 0 Å². The summed E-state index contributed by atoms with van der Waals surface area (Å²) >= 11 is 0. The van der Waals surface area contributed by atoms with Crippen molar-refractivity contribution in [2.75, 3.05) is 0 Å². The summed E-state index contributed by atoms with van der Waals surface area (Å²) in [5.41, 5.74) is 7.95. The number of amidine groups is 1. The third kappa shape index (κ3) is 4.46. The van der Waals surface area contributed by atoms with Crippen LogP contribution in [-0.2, 0) is 11.2 Å². The van der Waals surface area contributed by atoms with Crippen molar-refractivity contribution >= 4 is 22.6 Å². The number of fused-ring (bicyclic) bond motifs is 1. The summed E-state index contributed by atoms with van der Waals surface area (Å²) in [7, 11) is 0. The van der Waals surface area contributed by atoms with Crippen LogP contribution in [0.5, 0.6) is 5.75 Å². The van der Waals surface area contributed by atoms with Gasteiger partial charge in [-0.1, -0.05) is 42.5 Å². The molecule has 0 aromatic heterocycles. The van der Waals surface area contributed by atoms with Gasteiger partial charge in [0, 0.05) is 5.56 Å². The molecule has 1 unspecified atom stereocenters. The van der Waals surface area contributed by atoms with E-state index in [-0.39, 0.29) is 11.9 Å². The van der Waals surface area contributed by atoms with E-state index in [0.29, 0.717) is 12.0 Å². The molecule has 30 heavy (non-hydrogen) atoms. The number of benzene rings is 3. The number of nitrogen functional groups attached to an aromatic ring is 1. The van der Waals surface area contributed by atoms with Crippen LogP contribution < -0.4 is 10.5 Å². The predicted octanol–water partition coefficient (Wildman–Crippen LogP) is 4.86. The number of carboxylic acid groups (broad SMARTS) is 1. The predicted molar refractivity (Wildman–Crippen MR) is 118 cm³/mol. The minimum atomic E-state index is -0.850. The summed E-state index contributed by atoms with van der Waals surface area (Å²) in [4.78, 5) is 12.0. The lowest BCUT2D eigenvalue weighted by Crippen LogP contribution is -2.15. The molecule has 1 aliphatic carbocycles. The van der Waals surface area contributed by atoms with E-state index < -0.39 is 11.9 Å². The molecule has 5 nitrogen and oxygen atoms in total. The Hall–Kier alpha value is -3.34. The van der Waals surface area contributed by atoms with E-state index in [0.717, 1.165) is 40.5 Å². The summed E-state index contributed by atoms with van der Waals surface area (Å²) < 4.78 is 5.99. The number of ether oxygens (including phenoxy) is 1. The van der Waals surface area contributed by atoms with E-state index in [4.69, 9.17) is 15.9 Å². The number of hydrogen-bond donors (Lipinski definition) is 3. The zero-order valence-electron chi connectivity index (χ0n) is 16.8. The van der Waals surface area contributed by atoms with Crippen molar-refractivity contribution < 1.29 is 14.6 Å². The average molecular weight is 402 g/mol. The molecule has 0 radical (unpaired) electrons. The third-order valence-corrected chi connectivity index (χ3v) is 5.84. The summed E-state index contributed by atoms with van der Waals surface area (Å²) in [5, 5.41) is 19.4. The zero-order valence-corrected chi connectivity index (χ0v) is 16.8. The highest BCUT2D eigenvalue weighted by molar-refractivity contribution is 5.99. The minimum absolute atomic E-state index is 0.0191. The number of carbonyl (C=O) groups is 1. The number of carboxylic acids is 1. The highest BCUT2D eigenvalue weighted by Crippen LogP contribution is 2.28. The molecular weight excluding hydrogens is 376 g/mol. The van der Waals surface area contributed by atoms with E-state index in [1.807, 2.05) is 60.7 Å². The van der Waals surface area contributed by atoms with Gasteiger partial charge in [-0.25, -0.2) is 0 Å². The van der Waals surface area contributed by atoms with Crippen molar-refractivity contribution in [3.8, 4) is 5.75 Å². The summed E-state index contributed by atoms with van der Waals surface area (Å²) in [6.07, 6.45) is 5.27. The molecule has 154 valence electrons. The molecule has 0 amide bonds. The summed E-state index contributed by atoms with van der Waals surface area (Å²) in [5.74, 6) is -0.668. The molecule has 0 heterocycles. The molecule has 4 N–H and O–H groups in total. The molecule has 3 aromatic rings. The van der Waals surface area contributed by atoms with Gasteiger partial charge in [0.1, 0.15) is 11.6 Å². The first-order valence-corrected chi connectivity index (χ1v) is 10.4. The van der Waals surface area contributed by atoms with Gasteiger partial charge in [-0.15, -0.1) is 0 Å². The van der Waals surface area contributed by atoms with Gasteiger partial charge in [-0.3, -0.25) is 10.2 Å². The van der Waals surface area contributed by atoms with E-state index in [1.54, 1.807) is 0 Å². The summed E-state index contributed by atoms with van der Waals surface area (Å²) in [6.45, 7) is 0. The molecule has 1 saturated carbocycles. The van der Waals surface area contributed by atoms with Gasteiger partial charge in [0.05, 0.1) is 12.0 Å². The van der Waals surface area contributed by atoms with Gasteiger partial charge in [0.25, 0.3) is 0 Å². The Bertz CT molecular complexity index is 1070. The number of hydrogen-bond acceptors (Lipinski definition) is 3. The molecular formula is C25H26N2O3. The molecule has 4 rings (SSSR count). The van der Waals surface area contributed by atoms with Crippen molar-refractivity contribution in [2.24, 2.45) is 5.73 Å². The topological polar surface area (TPSA) is 96.4 Å². The van der Waals surface area contributed by atoms with Crippen LogP contribution in [0.15, 0.2) is 60.7 Å². The number of nitrogens with two attached hydrogens (primary N) is 1. The monoisotopic (exact) mass is 402 g/mol. The van der Waals surface area contributed by atoms with Crippen molar-refractivity contribution in [1.82, 2.24) is 0 Å². The molecule has 1 fully saturated rings. The van der Waals surface area contributed by atoms with Crippen LogP contribution in [0.4, 0.5) is 0 Å². The molecule has 1 atom stereocenters. The van der Waals surface area contributed by atoms with E-state index in [1.165, 1.54) is 12.8 Å². The molecule has 5 heteroatoms. The smallest absolute Gasteiger partial charge is 0.311 e. The van der Waals surface area contributed by atoms with Crippen LogP contribution >= 0.6 is 0 Å². The lowest BCUT2D eigenvalue weighted by Gasteiger charge is -2.16. The van der Waals surface area contributed by atoms with E-state index >= 15 is 0 Å². The van der Waals surface area contributed by atoms with Gasteiger partial charge in [-0.2, -0.15) is 0 Å². The van der Waals surface area contributed by atoms with Crippen LogP contribution in [0, 0.1) is 5.41 Å². The SMILES string of the molecule is N=C(N)c1ccc2ccc(CC(C(=O)O)c3ccc(OC4CCCC4)cc3)cc2c1. The fraction of sp³-hybridized carbons (Fsp3) is 0.280. The van der Waals surface area contributed by atoms with Crippen LogP contribution in [0.25, 0.3) is 10.8 Å². The second kappa shape index (κ2) is 8.57. The fourth-order valence-electron chi connectivity index (χ4n) is 4.15. The molecule has 1 aliphatic rings. The Morgan fingerprint density at radius 3 is 2.40 bits per heavy atom. The number of rotatable bonds is 7. The molecule has 0 aliphatic heterocycles. The summed E-state index contributed by atoms with van der Waals surface area (Å²) in [6, 6.07) is 19.0. The normalized spacial score (nSPS) is 15.2. The van der Waals surface area contributed by atoms with Crippen LogP contribution in [0.1, 0.15) is 48.3 Å². The Labute approximate surface area is 176 Å². The number of nitrogens with one attached hydrogen (secondary N) is 1. The first kappa shape index (κ1) is 20.0. The maximum atomic E-state index is 12.0. The fourth-order valence-corrected chi connectivity index (χ4v) is 4.15. The Morgan fingerprint density at radius 1 is 1.03 bits per heavy atom. The largest absolute Gasteiger partial charge is 0.490 e. The second-order valence-corrected chi connectivity index (χ2v) is 8.00. The van der Waals surface area contributed by atoms with E-state index in [2.05, 4.69) is 0 Å². The van der Waals surface area contributed by atoms with Crippen LogP contribution in [-0.4, -0.2) is 23.0 Å². The first-order valence-electron chi connectivity index (χ1n) is 10.4. The highest BCUT2D eigenvalue weighted by atomic mass is 16.5. The van der Waals surface area contributed by atoms with Gasteiger partial charge in [-0.05, 0) is 72.2 Å². The lowest BCUT2D eigenvalue weighted by atomic mass is 9.91. The first-order chi connectivity index (χ1) is 14.5. The Kier molecular flexibility index (Phi) is 5.70. The molecule has 0 saturated heterocycles. The lowest BCUT2D eigenvalue weighted by molar-refractivity contribution is -0.138. The van der Waals surface area contributed by atoms with Crippen LogP contribution in [0.3, 0.4) is 0 Å². The number of aliphatic carboxylic acids is 1. The minimum Gasteiger partial charge on any atom is -0.490 e. The molecule has 3 aromatic carbocycles. The Balaban J connectivity index is 1.54. The molecule has 0 spiro atoms. The van der Waals surface area contributed by atoms with Crippen molar-refractivity contribution in [3.63, 3.8) is 0 Å². The highest BCUT2D eigenvalue weighted by Gasteiger charge is 2.21. The van der Waals surface area contributed by atoms with Crippen molar-refractivity contribution in [2.45, 2.75) is 44.1 Å². The Morgan fingerprint density at radius 2 is 1.73 bits per heavy atom. The van der Waals surface area contributed by atoms with Gasteiger partial charge >= 0.3 is 5.97 Å². The average Bonchev–Trinajstić information content (AvgIpc) is 3.25. The second-order valence-electron chi connectivity index (χ2n) is 8.00. The maximum Gasteiger partial charge on any atom is 0.311 e. The standard InChI is InChI=1S/C25H26N2O3/c26-24(27)19-8-7-17-6-5-16(13-20(17)15-19)14-23(25(28)29)18-9-11-22(12-10-18)30-21-3-1-2-4-21/h5-13,15,21,23H,1-4,14H2,(H3,26,27)(H,28,29). The third-order valence-electron chi connectivity index (χ3n) is 5.84. The van der Waals surface area contributed by atoms with Crippen LogP contribution in [0.2, 0.25) is 0 Å². The van der Waals surface area contributed by atoms with Crippen molar-refractivity contribution in [3.05, 3.63) is 77.4 Å². The van der Waals surface area contributed by atoms with Gasteiger partial charge in [0.15, 0.2) is 0 Å². The zero-order chi connectivity index (χ0) is 21.1. The maximum absolute atomic E-state index is 12.0. The van der Waals surface area contributed by atoms with E-state index in [9.17, 15) is 9.90 Å². The molecule has 0 bridgehead atoms. The van der Waals surface area contributed by atoms with Gasteiger partial charge < -0.3 is 15.6 Å². The quantitative estimate of drug-likeness (QED) is 0.388. The van der Waals surface area contributed by atoms with Crippen molar-refractivity contribution in [1.29, 1.82) is 5.41 Å².